The predicted octanol–water partition coefficient (Wildman–Crippen LogP) is 3.80. The van der Waals surface area contributed by atoms with Crippen molar-refractivity contribution in [3.8, 4) is 0 Å². The summed E-state index contributed by atoms with van der Waals surface area (Å²) in [6.07, 6.45) is 5.34. The zero-order valence-corrected chi connectivity index (χ0v) is 11.4. The predicted molar refractivity (Wildman–Crippen MR) is 78.7 cm³/mol. The third-order valence-corrected chi connectivity index (χ3v) is 3.80. The Labute approximate surface area is 113 Å². The highest BCUT2D eigenvalue weighted by Gasteiger charge is 2.28. The summed E-state index contributed by atoms with van der Waals surface area (Å²) in [5.41, 5.74) is 3.62. The lowest BCUT2D eigenvalue weighted by Crippen LogP contribution is -2.24. The molecule has 1 N–H and O–H groups in total. The molecule has 0 bridgehead atoms. The maximum atomic E-state index is 10.0. The van der Waals surface area contributed by atoms with Crippen molar-refractivity contribution in [2.45, 2.75) is 32.8 Å². The Bertz CT molecular complexity index is 643. The fourth-order valence-electron chi connectivity index (χ4n) is 2.98. The second-order valence-corrected chi connectivity index (χ2v) is 6.22. The van der Waals surface area contributed by atoms with Gasteiger partial charge in [-0.25, -0.2) is 0 Å². The highest BCUT2D eigenvalue weighted by Crippen LogP contribution is 2.39. The summed E-state index contributed by atoms with van der Waals surface area (Å²) >= 11 is 0. The number of allylic oxidation sites excluding steroid dienone is 1. The molecule has 0 amide bonds. The molecule has 0 spiro atoms. The molecule has 1 aromatic heterocycles. The molecule has 1 atom stereocenters. The van der Waals surface area contributed by atoms with Crippen LogP contribution in [0.15, 0.2) is 42.6 Å². The number of benzene rings is 1. The quantitative estimate of drug-likeness (QED) is 0.838. The lowest BCUT2D eigenvalue weighted by Gasteiger charge is -2.32. The Morgan fingerprint density at radius 2 is 2.11 bits per heavy atom. The minimum atomic E-state index is -0.330. The van der Waals surface area contributed by atoms with Crippen molar-refractivity contribution in [1.29, 1.82) is 0 Å². The van der Waals surface area contributed by atoms with Gasteiger partial charge >= 0.3 is 0 Å². The van der Waals surface area contributed by atoms with Crippen LogP contribution in [0.2, 0.25) is 0 Å². The first-order chi connectivity index (χ1) is 9.03. The Morgan fingerprint density at radius 1 is 1.26 bits per heavy atom. The highest BCUT2D eigenvalue weighted by atomic mass is 16.3. The van der Waals surface area contributed by atoms with Gasteiger partial charge in [-0.1, -0.05) is 32.1 Å². The summed E-state index contributed by atoms with van der Waals surface area (Å²) in [5, 5.41) is 11.2. The summed E-state index contributed by atoms with van der Waals surface area (Å²) in [5.74, 6) is 0. The van der Waals surface area contributed by atoms with Crippen LogP contribution in [0.5, 0.6) is 0 Å². The van der Waals surface area contributed by atoms with E-state index in [1.54, 1.807) is 0 Å². The van der Waals surface area contributed by atoms with Gasteiger partial charge in [0.15, 0.2) is 0 Å². The maximum absolute atomic E-state index is 10.0. The number of aliphatic hydroxyl groups is 1. The van der Waals surface area contributed by atoms with E-state index in [9.17, 15) is 5.11 Å². The number of rotatable bonds is 1. The van der Waals surface area contributed by atoms with Gasteiger partial charge in [0, 0.05) is 11.6 Å². The fraction of sp³-hybridized carbons (Fsp3) is 0.353. The Kier molecular flexibility index (Phi) is 2.90. The number of aliphatic hydroxyl groups excluding tert-OH is 1. The van der Waals surface area contributed by atoms with E-state index in [2.05, 4.69) is 43.1 Å². The highest BCUT2D eigenvalue weighted by molar-refractivity contribution is 5.83. The van der Waals surface area contributed by atoms with Gasteiger partial charge in [0.05, 0.1) is 11.6 Å². The van der Waals surface area contributed by atoms with Crippen LogP contribution in [0.1, 0.15) is 32.3 Å². The molecule has 1 aliphatic carbocycles. The molecule has 2 nitrogen and oxygen atoms in total. The Balaban J connectivity index is 2.04. The van der Waals surface area contributed by atoms with Crippen LogP contribution in [0.25, 0.3) is 16.5 Å². The summed E-state index contributed by atoms with van der Waals surface area (Å²) < 4.78 is 0. The van der Waals surface area contributed by atoms with Crippen molar-refractivity contribution in [3.05, 3.63) is 48.2 Å². The summed E-state index contributed by atoms with van der Waals surface area (Å²) in [6, 6.07) is 10.4. The van der Waals surface area contributed by atoms with E-state index in [0.717, 1.165) is 23.7 Å². The molecule has 98 valence electrons. The molecule has 3 rings (SSSR count). The van der Waals surface area contributed by atoms with Gasteiger partial charge in [0.2, 0.25) is 0 Å². The molecule has 0 aliphatic heterocycles. The van der Waals surface area contributed by atoms with Crippen LogP contribution in [0, 0.1) is 5.41 Å². The zero-order valence-electron chi connectivity index (χ0n) is 11.4. The third kappa shape index (κ3) is 2.54. The first-order valence-electron chi connectivity index (χ1n) is 6.77. The molecule has 1 unspecified atom stereocenters. The topological polar surface area (TPSA) is 33.1 Å². The van der Waals surface area contributed by atoms with Crippen LogP contribution in [-0.2, 0) is 0 Å². The Morgan fingerprint density at radius 3 is 2.89 bits per heavy atom. The van der Waals surface area contributed by atoms with Gasteiger partial charge < -0.3 is 5.11 Å². The lowest BCUT2D eigenvalue weighted by atomic mass is 9.74. The lowest BCUT2D eigenvalue weighted by molar-refractivity contribution is 0.146. The van der Waals surface area contributed by atoms with Crippen LogP contribution in [0.4, 0.5) is 0 Å². The first kappa shape index (κ1) is 12.4. The standard InChI is InChI=1S/C17H19NO/c1-17(2)10-14(9-15(19)11-17)12-5-6-16-13(8-12)4-3-7-18-16/h3-9,15,19H,10-11H2,1-2H3. The first-order valence-corrected chi connectivity index (χ1v) is 6.77. The van der Waals surface area contributed by atoms with Crippen LogP contribution >= 0.6 is 0 Å². The Hall–Kier alpha value is -1.67. The molecule has 0 saturated carbocycles. The second kappa shape index (κ2) is 4.46. The molecule has 1 aliphatic rings. The monoisotopic (exact) mass is 253 g/mol. The van der Waals surface area contributed by atoms with Gasteiger partial charge in [-0.2, -0.15) is 0 Å². The van der Waals surface area contributed by atoms with Gasteiger partial charge in [-0.05, 0) is 47.6 Å². The molecule has 2 aromatic rings. The van der Waals surface area contributed by atoms with Crippen molar-refractivity contribution in [2.75, 3.05) is 0 Å². The van der Waals surface area contributed by atoms with Crippen LogP contribution < -0.4 is 0 Å². The van der Waals surface area contributed by atoms with E-state index >= 15 is 0 Å². The number of fused-ring (bicyclic) bond motifs is 1. The van der Waals surface area contributed by atoms with Gasteiger partial charge in [-0.15, -0.1) is 0 Å². The molecule has 19 heavy (non-hydrogen) atoms. The normalized spacial score (nSPS) is 22.3. The van der Waals surface area contributed by atoms with Crippen molar-refractivity contribution in [2.24, 2.45) is 5.41 Å². The van der Waals surface area contributed by atoms with E-state index in [4.69, 9.17) is 0 Å². The van der Waals surface area contributed by atoms with E-state index < -0.39 is 0 Å². The van der Waals surface area contributed by atoms with E-state index in [1.807, 2.05) is 18.3 Å². The minimum absolute atomic E-state index is 0.160. The minimum Gasteiger partial charge on any atom is -0.389 e. The number of nitrogens with zero attached hydrogens (tertiary/aromatic N) is 1. The fourth-order valence-corrected chi connectivity index (χ4v) is 2.98. The summed E-state index contributed by atoms with van der Waals surface area (Å²) in [4.78, 5) is 4.34. The van der Waals surface area contributed by atoms with Crippen molar-refractivity contribution in [3.63, 3.8) is 0 Å². The second-order valence-electron chi connectivity index (χ2n) is 6.22. The molecule has 1 heterocycles. The number of pyridine rings is 1. The van der Waals surface area contributed by atoms with Crippen molar-refractivity contribution >= 4 is 16.5 Å². The van der Waals surface area contributed by atoms with Crippen LogP contribution in [0.3, 0.4) is 0 Å². The molecule has 0 fully saturated rings. The molecule has 0 radical (unpaired) electrons. The average molecular weight is 253 g/mol. The summed E-state index contributed by atoms with van der Waals surface area (Å²) in [6.45, 7) is 4.43. The molecular formula is C17H19NO. The van der Waals surface area contributed by atoms with Gasteiger partial charge in [-0.3, -0.25) is 4.98 Å². The third-order valence-electron chi connectivity index (χ3n) is 3.80. The molecule has 2 heteroatoms. The smallest absolute Gasteiger partial charge is 0.0732 e. The summed E-state index contributed by atoms with van der Waals surface area (Å²) in [7, 11) is 0. The number of hydrogen-bond donors (Lipinski definition) is 1. The maximum Gasteiger partial charge on any atom is 0.0732 e. The van der Waals surface area contributed by atoms with Gasteiger partial charge in [0.1, 0.15) is 0 Å². The SMILES string of the molecule is CC1(C)CC(c2ccc3ncccc3c2)=CC(O)C1. The number of aromatic nitrogens is 1. The zero-order chi connectivity index (χ0) is 13.5. The van der Waals surface area contributed by atoms with E-state index in [1.165, 1.54) is 11.1 Å². The average Bonchev–Trinajstić information content (AvgIpc) is 2.36. The van der Waals surface area contributed by atoms with Gasteiger partial charge in [0.25, 0.3) is 0 Å². The van der Waals surface area contributed by atoms with Crippen molar-refractivity contribution < 1.29 is 5.11 Å². The largest absolute Gasteiger partial charge is 0.389 e. The molecule has 0 saturated heterocycles. The molecule has 1 aromatic carbocycles. The van der Waals surface area contributed by atoms with E-state index in [0.29, 0.717) is 0 Å². The van der Waals surface area contributed by atoms with E-state index in [-0.39, 0.29) is 11.5 Å². The number of hydrogen-bond acceptors (Lipinski definition) is 2. The van der Waals surface area contributed by atoms with Crippen molar-refractivity contribution in [1.82, 2.24) is 4.98 Å². The molecular weight excluding hydrogens is 234 g/mol. The van der Waals surface area contributed by atoms with Crippen LogP contribution in [-0.4, -0.2) is 16.2 Å².